The molecule has 5 nitrogen and oxygen atoms in total. The van der Waals surface area contributed by atoms with Crippen LogP contribution in [0.5, 0.6) is 0 Å². The number of rotatable bonds is 4. The molecule has 2 aromatic heterocycles. The molecule has 1 saturated heterocycles. The fourth-order valence-corrected chi connectivity index (χ4v) is 6.18. The first-order chi connectivity index (χ1) is 10.00. The van der Waals surface area contributed by atoms with Crippen LogP contribution in [-0.4, -0.2) is 30.3 Å². The maximum atomic E-state index is 12.7. The predicted octanol–water partition coefficient (Wildman–Crippen LogP) is 3.03. The molecule has 2 aromatic rings. The van der Waals surface area contributed by atoms with E-state index in [-0.39, 0.29) is 15.8 Å². The van der Waals surface area contributed by atoms with Crippen LogP contribution in [0.15, 0.2) is 32.5 Å². The Morgan fingerprint density at radius 2 is 2.19 bits per heavy atom. The lowest BCUT2D eigenvalue weighted by molar-refractivity contribution is 0.0697. The standard InChI is InChI=1S/C13H13NO4S3/c15-13(16)10-6-12(20-8-10)21(17,18)14-4-1-2-11(14)9-3-5-19-7-9/h3,5-8,11H,1-2,4H2,(H,15,16). The van der Waals surface area contributed by atoms with E-state index in [9.17, 15) is 13.2 Å². The third-order valence-corrected chi connectivity index (χ3v) is 7.54. The van der Waals surface area contributed by atoms with Crippen LogP contribution in [0.25, 0.3) is 0 Å². The second kappa shape index (κ2) is 5.53. The molecule has 0 bridgehead atoms. The van der Waals surface area contributed by atoms with Gasteiger partial charge in [-0.2, -0.15) is 15.6 Å². The molecule has 1 aliphatic rings. The van der Waals surface area contributed by atoms with Crippen molar-refractivity contribution in [2.45, 2.75) is 23.1 Å². The van der Waals surface area contributed by atoms with Crippen LogP contribution in [0.3, 0.4) is 0 Å². The summed E-state index contributed by atoms with van der Waals surface area (Å²) in [6, 6.07) is 3.04. The molecule has 1 fully saturated rings. The van der Waals surface area contributed by atoms with Crippen LogP contribution >= 0.6 is 22.7 Å². The molecule has 0 amide bonds. The molecule has 1 aliphatic heterocycles. The van der Waals surface area contributed by atoms with E-state index in [1.165, 1.54) is 15.8 Å². The zero-order valence-electron chi connectivity index (χ0n) is 10.9. The van der Waals surface area contributed by atoms with Gasteiger partial charge in [0.25, 0.3) is 10.0 Å². The van der Waals surface area contributed by atoms with Crippen molar-refractivity contribution in [2.75, 3.05) is 6.54 Å². The summed E-state index contributed by atoms with van der Waals surface area (Å²) in [5.41, 5.74) is 1.03. The Labute approximate surface area is 130 Å². The normalized spacial score (nSPS) is 19.9. The van der Waals surface area contributed by atoms with Gasteiger partial charge in [-0.05, 0) is 41.3 Å². The van der Waals surface area contributed by atoms with Crippen LogP contribution in [0.4, 0.5) is 0 Å². The molecule has 3 heterocycles. The highest BCUT2D eigenvalue weighted by molar-refractivity contribution is 7.91. The Kier molecular flexibility index (Phi) is 3.87. The maximum Gasteiger partial charge on any atom is 0.336 e. The summed E-state index contributed by atoms with van der Waals surface area (Å²) in [4.78, 5) is 10.9. The highest BCUT2D eigenvalue weighted by atomic mass is 32.2. The highest BCUT2D eigenvalue weighted by Crippen LogP contribution is 2.38. The highest BCUT2D eigenvalue weighted by Gasteiger charge is 2.37. The Bertz CT molecular complexity index is 748. The third kappa shape index (κ3) is 2.64. The summed E-state index contributed by atoms with van der Waals surface area (Å²) in [5, 5.41) is 14.2. The largest absolute Gasteiger partial charge is 0.478 e. The minimum absolute atomic E-state index is 0.0184. The van der Waals surface area contributed by atoms with E-state index in [1.54, 1.807) is 11.3 Å². The molecule has 0 radical (unpaired) electrons. The van der Waals surface area contributed by atoms with E-state index in [2.05, 4.69) is 0 Å². The predicted molar refractivity (Wildman–Crippen MR) is 81.5 cm³/mol. The monoisotopic (exact) mass is 343 g/mol. The van der Waals surface area contributed by atoms with E-state index >= 15 is 0 Å². The van der Waals surface area contributed by atoms with Gasteiger partial charge >= 0.3 is 5.97 Å². The average molecular weight is 343 g/mol. The van der Waals surface area contributed by atoms with E-state index in [0.29, 0.717) is 6.54 Å². The fraction of sp³-hybridized carbons (Fsp3) is 0.308. The number of carboxylic acid groups (broad SMARTS) is 1. The number of hydrogen-bond donors (Lipinski definition) is 1. The van der Waals surface area contributed by atoms with Gasteiger partial charge in [-0.25, -0.2) is 13.2 Å². The van der Waals surface area contributed by atoms with Crippen LogP contribution < -0.4 is 0 Å². The quantitative estimate of drug-likeness (QED) is 0.926. The minimum atomic E-state index is -3.63. The van der Waals surface area contributed by atoms with Gasteiger partial charge in [0.1, 0.15) is 4.21 Å². The van der Waals surface area contributed by atoms with Gasteiger partial charge in [0.05, 0.1) is 11.6 Å². The molecule has 21 heavy (non-hydrogen) atoms. The number of hydrogen-bond acceptors (Lipinski definition) is 5. The fourth-order valence-electron chi connectivity index (χ4n) is 2.51. The van der Waals surface area contributed by atoms with Gasteiger partial charge in [-0.3, -0.25) is 0 Å². The van der Waals surface area contributed by atoms with Crippen molar-refractivity contribution < 1.29 is 18.3 Å². The first-order valence-electron chi connectivity index (χ1n) is 6.36. The Morgan fingerprint density at radius 1 is 1.38 bits per heavy atom. The van der Waals surface area contributed by atoms with Crippen molar-refractivity contribution in [1.82, 2.24) is 4.31 Å². The summed E-state index contributed by atoms with van der Waals surface area (Å²) in [6.07, 6.45) is 1.62. The summed E-state index contributed by atoms with van der Waals surface area (Å²) in [5.74, 6) is -1.11. The molecule has 1 unspecified atom stereocenters. The smallest absolute Gasteiger partial charge is 0.336 e. The van der Waals surface area contributed by atoms with E-state index in [4.69, 9.17) is 5.11 Å². The average Bonchev–Trinajstić information content (AvgIpc) is 3.19. The number of nitrogens with zero attached hydrogens (tertiary/aromatic N) is 1. The van der Waals surface area contributed by atoms with Crippen LogP contribution in [0, 0.1) is 0 Å². The third-order valence-electron chi connectivity index (χ3n) is 3.52. The van der Waals surface area contributed by atoms with Crippen LogP contribution in [0.1, 0.15) is 34.8 Å². The molecule has 0 spiro atoms. The number of carbonyl (C=O) groups is 1. The first-order valence-corrected chi connectivity index (χ1v) is 9.62. The van der Waals surface area contributed by atoms with E-state index < -0.39 is 16.0 Å². The zero-order chi connectivity index (χ0) is 15.0. The van der Waals surface area contributed by atoms with Crippen molar-refractivity contribution in [2.24, 2.45) is 0 Å². The van der Waals surface area contributed by atoms with Gasteiger partial charge < -0.3 is 5.11 Å². The molecule has 112 valence electrons. The van der Waals surface area contributed by atoms with Crippen molar-refractivity contribution >= 4 is 38.7 Å². The lowest BCUT2D eigenvalue weighted by Crippen LogP contribution is -2.30. The Hall–Kier alpha value is -1.22. The summed E-state index contributed by atoms with van der Waals surface area (Å²) < 4.78 is 27.0. The van der Waals surface area contributed by atoms with Gasteiger partial charge in [0.15, 0.2) is 0 Å². The number of thiophene rings is 2. The minimum Gasteiger partial charge on any atom is -0.478 e. The molecule has 0 aromatic carbocycles. The van der Waals surface area contributed by atoms with Crippen molar-refractivity contribution in [3.63, 3.8) is 0 Å². The zero-order valence-corrected chi connectivity index (χ0v) is 13.4. The molecule has 0 aliphatic carbocycles. The molecular weight excluding hydrogens is 330 g/mol. The second-order valence-corrected chi connectivity index (χ2v) is 8.60. The molecule has 0 saturated carbocycles. The molecule has 1 N–H and O–H groups in total. The number of aromatic carboxylic acids is 1. The van der Waals surface area contributed by atoms with Crippen LogP contribution in [-0.2, 0) is 10.0 Å². The van der Waals surface area contributed by atoms with Gasteiger partial charge in [0, 0.05) is 11.9 Å². The molecule has 8 heteroatoms. The lowest BCUT2D eigenvalue weighted by atomic mass is 10.1. The topological polar surface area (TPSA) is 74.7 Å². The van der Waals surface area contributed by atoms with Crippen LogP contribution in [0.2, 0.25) is 0 Å². The Morgan fingerprint density at radius 3 is 2.81 bits per heavy atom. The van der Waals surface area contributed by atoms with Crippen molar-refractivity contribution in [3.05, 3.63) is 39.4 Å². The SMILES string of the molecule is O=C(O)c1csc(S(=O)(=O)N2CCCC2c2ccsc2)c1. The molecular formula is C13H13NO4S3. The Balaban J connectivity index is 1.95. The summed E-state index contributed by atoms with van der Waals surface area (Å²) in [6.45, 7) is 0.475. The van der Waals surface area contributed by atoms with E-state index in [1.807, 2.05) is 16.8 Å². The second-order valence-electron chi connectivity index (χ2n) is 4.79. The number of sulfonamides is 1. The van der Waals surface area contributed by atoms with Gasteiger partial charge in [-0.15, -0.1) is 11.3 Å². The molecule has 3 rings (SSSR count). The number of carboxylic acids is 1. The summed E-state index contributed by atoms with van der Waals surface area (Å²) in [7, 11) is -3.63. The van der Waals surface area contributed by atoms with Crippen molar-refractivity contribution in [3.8, 4) is 0 Å². The maximum absolute atomic E-state index is 12.7. The first kappa shape index (κ1) is 14.7. The van der Waals surface area contributed by atoms with Crippen molar-refractivity contribution in [1.29, 1.82) is 0 Å². The lowest BCUT2D eigenvalue weighted by Gasteiger charge is -2.22. The van der Waals surface area contributed by atoms with Gasteiger partial charge in [-0.1, -0.05) is 0 Å². The summed E-state index contributed by atoms with van der Waals surface area (Å²) >= 11 is 2.51. The van der Waals surface area contributed by atoms with E-state index in [0.717, 1.165) is 29.7 Å². The molecule has 1 atom stereocenters. The van der Waals surface area contributed by atoms with Gasteiger partial charge in [0.2, 0.25) is 0 Å².